The molecule has 0 radical (unpaired) electrons. The van der Waals surface area contributed by atoms with E-state index in [1.54, 1.807) is 0 Å². The van der Waals surface area contributed by atoms with Crippen LogP contribution in [0.4, 0.5) is 0 Å². The summed E-state index contributed by atoms with van der Waals surface area (Å²) >= 11 is 8.52. The summed E-state index contributed by atoms with van der Waals surface area (Å²) < 4.78 is 0. The van der Waals surface area contributed by atoms with Gasteiger partial charge in [0.15, 0.2) is 0 Å². The van der Waals surface area contributed by atoms with Crippen molar-refractivity contribution in [1.82, 2.24) is 0 Å². The highest BCUT2D eigenvalue weighted by molar-refractivity contribution is 7.80. The van der Waals surface area contributed by atoms with Crippen LogP contribution in [0.5, 0.6) is 0 Å². The first kappa shape index (κ1) is 22.3. The maximum Gasteiger partial charge on any atom is 0.00401 e. The number of thiol groups is 2. The van der Waals surface area contributed by atoms with Gasteiger partial charge in [0.1, 0.15) is 0 Å². The molecule has 0 nitrogen and oxygen atoms in total. The molecule has 30 heavy (non-hydrogen) atoms. The number of aryl methyl sites for hydroxylation is 2. The van der Waals surface area contributed by atoms with E-state index < -0.39 is 0 Å². The van der Waals surface area contributed by atoms with Crippen molar-refractivity contribution in [2.24, 2.45) is 0 Å². The van der Waals surface area contributed by atoms with Crippen molar-refractivity contribution < 1.29 is 0 Å². The molecule has 0 aliphatic heterocycles. The molecule has 2 heteroatoms. The summed E-state index contributed by atoms with van der Waals surface area (Å²) in [6, 6.07) is 34.0. The van der Waals surface area contributed by atoms with Crippen LogP contribution in [0.25, 0.3) is 0 Å². The molecule has 0 atom stereocenters. The summed E-state index contributed by atoms with van der Waals surface area (Å²) in [6.07, 6.45) is 1.99. The second kappa shape index (κ2) is 11.1. The molecule has 0 aliphatic carbocycles. The molecule has 0 saturated heterocycles. The van der Waals surface area contributed by atoms with Gasteiger partial charge in [0, 0.05) is 9.79 Å². The molecular formula is C28H28S2. The molecule has 0 fully saturated rings. The van der Waals surface area contributed by atoms with Gasteiger partial charge in [0.2, 0.25) is 0 Å². The molecule has 0 saturated carbocycles. The Kier molecular flexibility index (Phi) is 8.24. The van der Waals surface area contributed by atoms with Crippen LogP contribution < -0.4 is 0 Å². The summed E-state index contributed by atoms with van der Waals surface area (Å²) in [4.78, 5) is 2.01. The van der Waals surface area contributed by atoms with Crippen LogP contribution in [0, 0.1) is 13.8 Å². The van der Waals surface area contributed by atoms with Crippen LogP contribution in [-0.2, 0) is 12.8 Å². The molecular weight excluding hydrogens is 400 g/mol. The van der Waals surface area contributed by atoms with Crippen molar-refractivity contribution >= 4 is 25.3 Å². The highest BCUT2D eigenvalue weighted by Crippen LogP contribution is 2.14. The second-order valence-corrected chi connectivity index (χ2v) is 8.69. The summed E-state index contributed by atoms with van der Waals surface area (Å²) in [5.74, 6) is 0. The van der Waals surface area contributed by atoms with E-state index in [1.807, 2.05) is 24.3 Å². The van der Waals surface area contributed by atoms with Crippen molar-refractivity contribution in [3.63, 3.8) is 0 Å². The van der Waals surface area contributed by atoms with Gasteiger partial charge in [-0.2, -0.15) is 0 Å². The van der Waals surface area contributed by atoms with Crippen LogP contribution >= 0.6 is 25.3 Å². The van der Waals surface area contributed by atoms with Crippen molar-refractivity contribution in [2.45, 2.75) is 36.5 Å². The SMILES string of the molecule is Cc1ccc(Cc2ccc(C)cc2)cc1.Sc1ccc(Cc2ccc(S)cc2)cc1. The molecule has 4 rings (SSSR count). The van der Waals surface area contributed by atoms with Crippen molar-refractivity contribution in [3.05, 3.63) is 130 Å². The minimum atomic E-state index is 0.960. The highest BCUT2D eigenvalue weighted by Gasteiger charge is 1.97. The van der Waals surface area contributed by atoms with Crippen molar-refractivity contribution in [1.29, 1.82) is 0 Å². The van der Waals surface area contributed by atoms with E-state index in [4.69, 9.17) is 0 Å². The zero-order valence-corrected chi connectivity index (χ0v) is 19.3. The quantitative estimate of drug-likeness (QED) is 0.305. The van der Waals surface area contributed by atoms with Crippen LogP contribution in [0.15, 0.2) is 107 Å². The Morgan fingerprint density at radius 3 is 0.900 bits per heavy atom. The Bertz CT molecular complexity index is 854. The Labute approximate surface area is 191 Å². The van der Waals surface area contributed by atoms with Gasteiger partial charge in [-0.3, -0.25) is 0 Å². The van der Waals surface area contributed by atoms with Gasteiger partial charge >= 0.3 is 0 Å². The maximum absolute atomic E-state index is 4.26. The fraction of sp³-hybridized carbons (Fsp3) is 0.143. The van der Waals surface area contributed by atoms with Crippen LogP contribution in [0.1, 0.15) is 33.4 Å². The van der Waals surface area contributed by atoms with Crippen LogP contribution in [-0.4, -0.2) is 0 Å². The molecule has 0 amide bonds. The monoisotopic (exact) mass is 428 g/mol. The van der Waals surface area contributed by atoms with Gasteiger partial charge in [0.05, 0.1) is 0 Å². The van der Waals surface area contributed by atoms with E-state index in [-0.39, 0.29) is 0 Å². The van der Waals surface area contributed by atoms with E-state index >= 15 is 0 Å². The summed E-state index contributed by atoms with van der Waals surface area (Å²) in [5, 5.41) is 0. The van der Waals surface area contributed by atoms with Gasteiger partial charge in [-0.1, -0.05) is 83.9 Å². The average Bonchev–Trinajstić information content (AvgIpc) is 2.75. The minimum absolute atomic E-state index is 0.960. The summed E-state index contributed by atoms with van der Waals surface area (Å²) in [5.41, 5.74) is 8.01. The molecule has 4 aromatic rings. The Morgan fingerprint density at radius 2 is 0.633 bits per heavy atom. The third kappa shape index (κ3) is 7.44. The molecule has 0 aromatic heterocycles. The smallest absolute Gasteiger partial charge is 0.00401 e. The first-order valence-corrected chi connectivity index (χ1v) is 11.0. The Hall–Kier alpha value is -2.42. The minimum Gasteiger partial charge on any atom is -0.143 e. The van der Waals surface area contributed by atoms with Gasteiger partial charge < -0.3 is 0 Å². The van der Waals surface area contributed by atoms with E-state index in [2.05, 4.69) is 112 Å². The molecule has 0 spiro atoms. The topological polar surface area (TPSA) is 0 Å². The normalized spacial score (nSPS) is 10.3. The van der Waals surface area contributed by atoms with Crippen molar-refractivity contribution in [3.8, 4) is 0 Å². The molecule has 152 valence electrons. The van der Waals surface area contributed by atoms with Crippen LogP contribution in [0.2, 0.25) is 0 Å². The van der Waals surface area contributed by atoms with Gasteiger partial charge in [-0.25, -0.2) is 0 Å². The molecule has 0 aliphatic rings. The lowest BCUT2D eigenvalue weighted by Gasteiger charge is -2.03. The zero-order chi connectivity index (χ0) is 21.3. The molecule has 4 aromatic carbocycles. The third-order valence-corrected chi connectivity index (χ3v) is 5.53. The fourth-order valence-corrected chi connectivity index (χ4v) is 3.41. The van der Waals surface area contributed by atoms with Gasteiger partial charge in [-0.05, 0) is 73.2 Å². The predicted octanol–water partition coefficient (Wildman–Crippen LogP) is 7.75. The molecule has 0 N–H and O–H groups in total. The van der Waals surface area contributed by atoms with E-state index in [0.29, 0.717) is 0 Å². The van der Waals surface area contributed by atoms with Crippen molar-refractivity contribution in [2.75, 3.05) is 0 Å². The van der Waals surface area contributed by atoms with Gasteiger partial charge in [-0.15, -0.1) is 25.3 Å². The highest BCUT2D eigenvalue weighted by atomic mass is 32.1. The first-order chi connectivity index (χ1) is 14.5. The molecule has 0 unspecified atom stereocenters. The number of benzene rings is 4. The largest absolute Gasteiger partial charge is 0.143 e. The number of hydrogen-bond donors (Lipinski definition) is 2. The maximum atomic E-state index is 4.26. The lowest BCUT2D eigenvalue weighted by atomic mass is 10.0. The van der Waals surface area contributed by atoms with E-state index in [0.717, 1.165) is 22.6 Å². The number of hydrogen-bond acceptors (Lipinski definition) is 2. The predicted molar refractivity (Wildman–Crippen MR) is 135 cm³/mol. The Morgan fingerprint density at radius 1 is 0.400 bits per heavy atom. The van der Waals surface area contributed by atoms with E-state index in [1.165, 1.54) is 33.4 Å². The third-order valence-electron chi connectivity index (χ3n) is 4.93. The van der Waals surface area contributed by atoms with Gasteiger partial charge in [0.25, 0.3) is 0 Å². The lowest BCUT2D eigenvalue weighted by molar-refractivity contribution is 1.17. The lowest BCUT2D eigenvalue weighted by Crippen LogP contribution is -1.88. The number of rotatable bonds is 4. The summed E-state index contributed by atoms with van der Waals surface area (Å²) in [7, 11) is 0. The fourth-order valence-electron chi connectivity index (χ4n) is 3.11. The van der Waals surface area contributed by atoms with E-state index in [9.17, 15) is 0 Å². The second-order valence-electron chi connectivity index (χ2n) is 7.66. The summed E-state index contributed by atoms with van der Waals surface area (Å²) in [6.45, 7) is 4.24. The molecule has 0 heterocycles. The first-order valence-electron chi connectivity index (χ1n) is 10.1. The standard InChI is InChI=1S/C15H16.C13H12S2/c1-12-3-7-14(8-4-12)11-15-9-5-13(2)6-10-15;14-12-5-1-10(2-6-12)9-11-3-7-13(15)8-4-11/h3-10H,11H2,1-2H3;1-8,14-15H,9H2. The zero-order valence-electron chi connectivity index (χ0n) is 17.5. The average molecular weight is 429 g/mol. The Balaban J connectivity index is 0.000000171. The van der Waals surface area contributed by atoms with Crippen LogP contribution in [0.3, 0.4) is 0 Å². The molecule has 0 bridgehead atoms.